The molecular formula is C32H33ClN4O4. The van der Waals surface area contributed by atoms with Crippen LogP contribution in [0.2, 0.25) is 5.02 Å². The summed E-state index contributed by atoms with van der Waals surface area (Å²) < 4.78 is 13.9. The third-order valence-corrected chi connectivity index (χ3v) is 9.25. The minimum Gasteiger partial charge on any atom is -0.477 e. The lowest BCUT2D eigenvalue weighted by Crippen LogP contribution is -2.45. The van der Waals surface area contributed by atoms with Gasteiger partial charge in [0.1, 0.15) is 17.1 Å². The highest BCUT2D eigenvalue weighted by molar-refractivity contribution is 6.33. The Morgan fingerprint density at radius 3 is 2.46 bits per heavy atom. The maximum atomic E-state index is 11.4. The van der Waals surface area contributed by atoms with Crippen molar-refractivity contribution in [2.45, 2.75) is 76.2 Å². The molecule has 2 aromatic heterocycles. The number of fused-ring (bicyclic) bond motifs is 2. The normalized spacial score (nSPS) is 21.9. The highest BCUT2D eigenvalue weighted by Crippen LogP contribution is 2.46. The highest BCUT2D eigenvalue weighted by Gasteiger charge is 2.42. The molecule has 0 spiro atoms. The van der Waals surface area contributed by atoms with Crippen molar-refractivity contribution in [1.29, 1.82) is 0 Å². The molecule has 0 radical (unpaired) electrons. The van der Waals surface area contributed by atoms with Gasteiger partial charge in [-0.1, -0.05) is 41.0 Å². The predicted octanol–water partition coefficient (Wildman–Crippen LogP) is 7.00. The summed E-state index contributed by atoms with van der Waals surface area (Å²) in [5, 5.41) is 18.9. The van der Waals surface area contributed by atoms with E-state index in [1.165, 1.54) is 10.4 Å². The number of nitrogens with zero attached hydrogens (tertiary/aromatic N) is 4. The van der Waals surface area contributed by atoms with Crippen LogP contribution in [0.25, 0.3) is 22.5 Å². The Morgan fingerprint density at radius 2 is 1.83 bits per heavy atom. The molecule has 2 saturated heterocycles. The van der Waals surface area contributed by atoms with Gasteiger partial charge in [-0.2, -0.15) is 5.10 Å². The van der Waals surface area contributed by atoms with Crippen LogP contribution < -0.4 is 4.90 Å². The number of hydrogen-bond acceptors (Lipinski definition) is 6. The van der Waals surface area contributed by atoms with Gasteiger partial charge in [-0.3, -0.25) is 4.68 Å². The molecule has 9 heteroatoms. The van der Waals surface area contributed by atoms with Gasteiger partial charge in [0.15, 0.2) is 0 Å². The molecule has 4 aromatic rings. The maximum Gasteiger partial charge on any atom is 0.354 e. The highest BCUT2D eigenvalue weighted by atomic mass is 35.5. The minimum atomic E-state index is -0.979. The topological polar surface area (TPSA) is 93.6 Å². The molecule has 1 N–H and O–H groups in total. The van der Waals surface area contributed by atoms with Gasteiger partial charge >= 0.3 is 5.97 Å². The van der Waals surface area contributed by atoms with Crippen molar-refractivity contribution in [3.8, 4) is 22.5 Å². The summed E-state index contributed by atoms with van der Waals surface area (Å²) in [6, 6.07) is 16.7. The second-order valence-corrected chi connectivity index (χ2v) is 12.1. The summed E-state index contributed by atoms with van der Waals surface area (Å²) in [5.41, 5.74) is 6.83. The van der Waals surface area contributed by atoms with Gasteiger partial charge in [0.05, 0.1) is 23.4 Å². The lowest BCUT2D eigenvalue weighted by molar-refractivity contribution is 0.0147. The van der Waals surface area contributed by atoms with E-state index in [1.54, 1.807) is 13.1 Å². The summed E-state index contributed by atoms with van der Waals surface area (Å²) in [6.45, 7) is 2.54. The Balaban J connectivity index is 1.06. The molecular weight excluding hydrogens is 540 g/mol. The van der Waals surface area contributed by atoms with Gasteiger partial charge in [0.25, 0.3) is 0 Å². The van der Waals surface area contributed by atoms with Crippen LogP contribution in [-0.2, 0) is 18.4 Å². The third-order valence-electron chi connectivity index (χ3n) is 8.94. The Hall–Kier alpha value is -3.62. The number of benzene rings is 2. The summed E-state index contributed by atoms with van der Waals surface area (Å²) in [7, 11) is 1.65. The molecule has 2 aliphatic heterocycles. The molecule has 3 atom stereocenters. The second-order valence-electron chi connectivity index (χ2n) is 11.7. The number of rotatable bonds is 8. The summed E-state index contributed by atoms with van der Waals surface area (Å²) in [6.07, 6.45) is 6.69. The average Bonchev–Trinajstić information content (AvgIpc) is 3.51. The zero-order chi connectivity index (χ0) is 28.2. The van der Waals surface area contributed by atoms with Crippen LogP contribution in [0.15, 0.2) is 53.1 Å². The van der Waals surface area contributed by atoms with Crippen molar-refractivity contribution in [3.05, 3.63) is 76.1 Å². The molecule has 0 amide bonds. The molecule has 4 heterocycles. The van der Waals surface area contributed by atoms with Gasteiger partial charge in [-0.15, -0.1) is 0 Å². The predicted molar refractivity (Wildman–Crippen MR) is 156 cm³/mol. The first-order valence-electron chi connectivity index (χ1n) is 14.4. The molecule has 0 unspecified atom stereocenters. The second kappa shape index (κ2) is 10.3. The van der Waals surface area contributed by atoms with E-state index >= 15 is 0 Å². The van der Waals surface area contributed by atoms with E-state index in [2.05, 4.69) is 40.3 Å². The summed E-state index contributed by atoms with van der Waals surface area (Å²) in [4.78, 5) is 14.0. The Bertz CT molecular complexity index is 1570. The van der Waals surface area contributed by atoms with Gasteiger partial charge in [-0.05, 0) is 75.3 Å². The van der Waals surface area contributed by atoms with E-state index in [1.807, 2.05) is 24.3 Å². The standard InChI is InChI=1S/C32H33ClN4O4/c1-18-4-3-5-26(33)29(18)30-25(31(41-35-30)20-6-7-20)17-40-24-14-22-12-13-23(15-24)37(22)21-10-8-19(9-11-21)27-16-28(32(38)39)36(2)34-27/h3-5,8-11,16,20,22-24H,6-7,12-15,17H2,1-2H3,(H,38,39)/t22-,23+,24+. The zero-order valence-electron chi connectivity index (χ0n) is 23.2. The zero-order valence-corrected chi connectivity index (χ0v) is 24.0. The average molecular weight is 573 g/mol. The summed E-state index contributed by atoms with van der Waals surface area (Å²) >= 11 is 6.62. The van der Waals surface area contributed by atoms with Crippen molar-refractivity contribution in [1.82, 2.24) is 14.9 Å². The number of hydrogen-bond donors (Lipinski definition) is 1. The SMILES string of the molecule is Cc1cccc(Cl)c1-c1noc(C2CC2)c1CO[C@H]1C[C@H]2CC[C@@H](C1)N2c1ccc(-c2cc(C(=O)O)n(C)n2)cc1. The maximum absolute atomic E-state index is 11.4. The number of carboxylic acids is 1. The number of carboxylic acid groups (broad SMARTS) is 1. The van der Waals surface area contributed by atoms with Crippen LogP contribution in [0, 0.1) is 6.92 Å². The number of halogens is 1. The summed E-state index contributed by atoms with van der Waals surface area (Å²) in [5.74, 6) is 0.413. The number of aromatic carboxylic acids is 1. The first kappa shape index (κ1) is 26.3. The lowest BCUT2D eigenvalue weighted by Gasteiger charge is -2.40. The van der Waals surface area contributed by atoms with Crippen LogP contribution in [0.5, 0.6) is 0 Å². The smallest absolute Gasteiger partial charge is 0.354 e. The number of aryl methyl sites for hydroxylation is 2. The van der Waals surface area contributed by atoms with E-state index < -0.39 is 5.97 Å². The quantitative estimate of drug-likeness (QED) is 0.243. The van der Waals surface area contributed by atoms with Gasteiger partial charge in [0, 0.05) is 47.4 Å². The van der Waals surface area contributed by atoms with Gasteiger partial charge in [0.2, 0.25) is 0 Å². The number of carbonyl (C=O) groups is 1. The lowest BCUT2D eigenvalue weighted by atomic mass is 9.97. The molecule has 3 fully saturated rings. The van der Waals surface area contributed by atoms with Crippen LogP contribution in [0.4, 0.5) is 5.69 Å². The Kier molecular flexibility index (Phi) is 6.63. The van der Waals surface area contributed by atoms with Gasteiger partial charge < -0.3 is 19.3 Å². The molecule has 7 rings (SSSR count). The fraction of sp³-hybridized carbons (Fsp3) is 0.406. The largest absolute Gasteiger partial charge is 0.477 e. The van der Waals surface area contributed by atoms with Crippen LogP contribution >= 0.6 is 11.6 Å². The van der Waals surface area contributed by atoms with Crippen molar-refractivity contribution >= 4 is 23.3 Å². The molecule has 8 nitrogen and oxygen atoms in total. The Labute approximate surface area is 243 Å². The van der Waals surface area contributed by atoms with E-state index in [9.17, 15) is 9.90 Å². The fourth-order valence-corrected chi connectivity index (χ4v) is 7.07. The van der Waals surface area contributed by atoms with Crippen LogP contribution in [0.1, 0.15) is 71.8 Å². The molecule has 1 aliphatic carbocycles. The minimum absolute atomic E-state index is 0.174. The van der Waals surface area contributed by atoms with E-state index in [-0.39, 0.29) is 11.8 Å². The number of piperidine rings is 1. The van der Waals surface area contributed by atoms with Gasteiger partial charge in [-0.25, -0.2) is 4.79 Å². The van der Waals surface area contributed by atoms with Crippen molar-refractivity contribution < 1.29 is 19.2 Å². The molecule has 2 aromatic carbocycles. The molecule has 2 bridgehead atoms. The molecule has 3 aliphatic rings. The fourth-order valence-electron chi connectivity index (χ4n) is 6.75. The monoisotopic (exact) mass is 572 g/mol. The van der Waals surface area contributed by atoms with Crippen molar-refractivity contribution in [2.24, 2.45) is 7.05 Å². The van der Waals surface area contributed by atoms with E-state index in [0.717, 1.165) is 72.2 Å². The van der Waals surface area contributed by atoms with E-state index in [4.69, 9.17) is 20.9 Å². The molecule has 212 valence electrons. The molecule has 41 heavy (non-hydrogen) atoms. The van der Waals surface area contributed by atoms with Crippen molar-refractivity contribution in [3.63, 3.8) is 0 Å². The number of aromatic nitrogens is 3. The van der Waals surface area contributed by atoms with Crippen molar-refractivity contribution in [2.75, 3.05) is 4.90 Å². The van der Waals surface area contributed by atoms with E-state index in [0.29, 0.717) is 35.3 Å². The number of anilines is 1. The van der Waals surface area contributed by atoms with Crippen LogP contribution in [-0.4, -0.2) is 44.2 Å². The Morgan fingerprint density at radius 1 is 1.10 bits per heavy atom. The molecule has 1 saturated carbocycles. The third kappa shape index (κ3) is 4.83. The first-order valence-corrected chi connectivity index (χ1v) is 14.8. The number of ether oxygens (including phenoxy) is 1. The first-order chi connectivity index (χ1) is 19.9. The van der Waals surface area contributed by atoms with Crippen LogP contribution in [0.3, 0.4) is 0 Å².